The lowest BCUT2D eigenvalue weighted by Gasteiger charge is -2.23. The van der Waals surface area contributed by atoms with Crippen molar-refractivity contribution in [2.24, 2.45) is 11.7 Å². The fraction of sp³-hybridized carbons (Fsp3) is 0.600. The highest BCUT2D eigenvalue weighted by molar-refractivity contribution is 5.85. The van der Waals surface area contributed by atoms with Crippen molar-refractivity contribution in [2.75, 3.05) is 13.1 Å². The second-order valence-electron chi connectivity index (χ2n) is 3.73. The predicted octanol–water partition coefficient (Wildman–Crippen LogP) is -0.177. The summed E-state index contributed by atoms with van der Waals surface area (Å²) in [5.41, 5.74) is 5.46. The van der Waals surface area contributed by atoms with Gasteiger partial charge in [-0.2, -0.15) is 0 Å². The van der Waals surface area contributed by atoms with Gasteiger partial charge in [-0.25, -0.2) is 4.79 Å². The highest BCUT2D eigenvalue weighted by atomic mass is 16.4. The van der Waals surface area contributed by atoms with E-state index in [1.54, 1.807) is 0 Å². The van der Waals surface area contributed by atoms with Crippen molar-refractivity contribution < 1.29 is 14.7 Å². The summed E-state index contributed by atoms with van der Waals surface area (Å²) in [6, 6.07) is -0.786. The van der Waals surface area contributed by atoms with Crippen molar-refractivity contribution in [1.82, 2.24) is 4.90 Å². The number of carboxylic acids is 1. The molecule has 0 bridgehead atoms. The van der Waals surface area contributed by atoms with Crippen LogP contribution in [0.25, 0.3) is 0 Å². The summed E-state index contributed by atoms with van der Waals surface area (Å²) in [6.45, 7) is 4.36. The van der Waals surface area contributed by atoms with E-state index in [1.165, 1.54) is 11.0 Å². The first-order valence-electron chi connectivity index (χ1n) is 4.93. The van der Waals surface area contributed by atoms with Crippen LogP contribution in [0.4, 0.5) is 0 Å². The van der Waals surface area contributed by atoms with E-state index in [2.05, 4.69) is 6.58 Å². The number of aliphatic carboxylic acids is 1. The SMILES string of the molecule is C=CCC(C(=O)O)N1CC(CN)CC1=O. The van der Waals surface area contributed by atoms with Crippen LogP contribution in [0.15, 0.2) is 12.7 Å². The van der Waals surface area contributed by atoms with Crippen LogP contribution < -0.4 is 5.73 Å². The molecule has 5 heteroatoms. The summed E-state index contributed by atoms with van der Waals surface area (Å²) >= 11 is 0. The zero-order valence-electron chi connectivity index (χ0n) is 8.56. The summed E-state index contributed by atoms with van der Waals surface area (Å²) in [5.74, 6) is -1.02. The lowest BCUT2D eigenvalue weighted by molar-refractivity contribution is -0.148. The van der Waals surface area contributed by atoms with Gasteiger partial charge in [0.05, 0.1) is 0 Å². The van der Waals surface area contributed by atoms with Crippen molar-refractivity contribution in [3.05, 3.63) is 12.7 Å². The second kappa shape index (κ2) is 4.93. The standard InChI is InChI=1S/C10H16N2O3/c1-2-3-8(10(14)15)12-6-7(5-11)4-9(12)13/h2,7-8H,1,3-6,11H2,(H,14,15). The highest BCUT2D eigenvalue weighted by Gasteiger charge is 2.36. The minimum atomic E-state index is -0.985. The van der Waals surface area contributed by atoms with Gasteiger partial charge in [0, 0.05) is 13.0 Å². The molecule has 15 heavy (non-hydrogen) atoms. The highest BCUT2D eigenvalue weighted by Crippen LogP contribution is 2.20. The lowest BCUT2D eigenvalue weighted by atomic mass is 10.1. The summed E-state index contributed by atoms with van der Waals surface area (Å²) in [7, 11) is 0. The van der Waals surface area contributed by atoms with E-state index in [0.29, 0.717) is 19.5 Å². The molecule has 3 N–H and O–H groups in total. The van der Waals surface area contributed by atoms with Gasteiger partial charge in [0.15, 0.2) is 0 Å². The van der Waals surface area contributed by atoms with Gasteiger partial charge in [0.1, 0.15) is 6.04 Å². The van der Waals surface area contributed by atoms with Crippen LogP contribution in [0.1, 0.15) is 12.8 Å². The van der Waals surface area contributed by atoms with Crippen LogP contribution in [0, 0.1) is 5.92 Å². The molecule has 0 aromatic rings. The fourth-order valence-electron chi connectivity index (χ4n) is 1.79. The average Bonchev–Trinajstić information content (AvgIpc) is 2.55. The van der Waals surface area contributed by atoms with Gasteiger partial charge >= 0.3 is 5.97 Å². The van der Waals surface area contributed by atoms with Crippen molar-refractivity contribution in [3.63, 3.8) is 0 Å². The van der Waals surface area contributed by atoms with Crippen LogP contribution in [-0.4, -0.2) is 41.0 Å². The molecular formula is C10H16N2O3. The molecular weight excluding hydrogens is 196 g/mol. The smallest absolute Gasteiger partial charge is 0.326 e. The average molecular weight is 212 g/mol. The summed E-state index contributed by atoms with van der Waals surface area (Å²) in [6.07, 6.45) is 2.15. The Morgan fingerprint density at radius 1 is 1.80 bits per heavy atom. The number of carbonyl (C=O) groups is 2. The van der Waals surface area contributed by atoms with E-state index in [9.17, 15) is 9.59 Å². The van der Waals surface area contributed by atoms with Crippen molar-refractivity contribution in [1.29, 1.82) is 0 Å². The molecule has 1 fully saturated rings. The normalized spacial score (nSPS) is 22.9. The van der Waals surface area contributed by atoms with Crippen molar-refractivity contribution in [2.45, 2.75) is 18.9 Å². The third-order valence-electron chi connectivity index (χ3n) is 2.62. The number of nitrogens with two attached hydrogens (primary N) is 1. The van der Waals surface area contributed by atoms with E-state index in [1.807, 2.05) is 0 Å². The maximum Gasteiger partial charge on any atom is 0.326 e. The summed E-state index contributed by atoms with van der Waals surface area (Å²) in [5, 5.41) is 8.97. The number of carbonyl (C=O) groups excluding carboxylic acids is 1. The first-order chi connectivity index (χ1) is 7.10. The largest absolute Gasteiger partial charge is 0.480 e. The zero-order valence-corrected chi connectivity index (χ0v) is 8.56. The number of hydrogen-bond donors (Lipinski definition) is 2. The Morgan fingerprint density at radius 2 is 2.47 bits per heavy atom. The number of hydrogen-bond acceptors (Lipinski definition) is 3. The van der Waals surface area contributed by atoms with Crippen LogP contribution in [0.2, 0.25) is 0 Å². The van der Waals surface area contributed by atoms with Gasteiger partial charge in [-0.05, 0) is 18.9 Å². The van der Waals surface area contributed by atoms with E-state index in [4.69, 9.17) is 10.8 Å². The molecule has 0 radical (unpaired) electrons. The molecule has 2 unspecified atom stereocenters. The molecule has 0 aromatic heterocycles. The van der Waals surface area contributed by atoms with Crippen LogP contribution in [0.3, 0.4) is 0 Å². The number of rotatable bonds is 5. The Labute approximate surface area is 88.5 Å². The lowest BCUT2D eigenvalue weighted by Crippen LogP contribution is -2.42. The Hall–Kier alpha value is -1.36. The Bertz CT molecular complexity index is 278. The molecule has 2 atom stereocenters. The Kier molecular flexibility index (Phi) is 3.85. The number of nitrogens with zero attached hydrogens (tertiary/aromatic N) is 1. The Balaban J connectivity index is 2.72. The monoisotopic (exact) mass is 212 g/mol. The molecule has 1 saturated heterocycles. The van der Waals surface area contributed by atoms with E-state index >= 15 is 0 Å². The maximum absolute atomic E-state index is 11.5. The van der Waals surface area contributed by atoms with Gasteiger partial charge < -0.3 is 15.7 Å². The third-order valence-corrected chi connectivity index (χ3v) is 2.62. The van der Waals surface area contributed by atoms with E-state index < -0.39 is 12.0 Å². The first kappa shape index (κ1) is 11.7. The maximum atomic E-state index is 11.5. The molecule has 0 spiro atoms. The van der Waals surface area contributed by atoms with Crippen LogP contribution in [-0.2, 0) is 9.59 Å². The van der Waals surface area contributed by atoms with Gasteiger partial charge in [-0.1, -0.05) is 6.08 Å². The number of carboxylic acid groups (broad SMARTS) is 1. The molecule has 5 nitrogen and oxygen atoms in total. The minimum Gasteiger partial charge on any atom is -0.480 e. The summed E-state index contributed by atoms with van der Waals surface area (Å²) < 4.78 is 0. The third kappa shape index (κ3) is 2.56. The van der Waals surface area contributed by atoms with E-state index in [0.717, 1.165) is 0 Å². The van der Waals surface area contributed by atoms with Crippen LogP contribution >= 0.6 is 0 Å². The molecule has 84 valence electrons. The summed E-state index contributed by atoms with van der Waals surface area (Å²) in [4.78, 5) is 23.9. The minimum absolute atomic E-state index is 0.0872. The second-order valence-corrected chi connectivity index (χ2v) is 3.73. The zero-order chi connectivity index (χ0) is 11.4. The molecule has 1 aliphatic rings. The van der Waals surface area contributed by atoms with Gasteiger partial charge in [-0.15, -0.1) is 6.58 Å². The van der Waals surface area contributed by atoms with Gasteiger partial charge in [0.25, 0.3) is 0 Å². The predicted molar refractivity (Wildman–Crippen MR) is 55.1 cm³/mol. The van der Waals surface area contributed by atoms with Crippen molar-refractivity contribution in [3.8, 4) is 0 Å². The molecule has 0 saturated carbocycles. The quantitative estimate of drug-likeness (QED) is 0.619. The molecule has 0 aromatic carbocycles. The fourth-order valence-corrected chi connectivity index (χ4v) is 1.79. The molecule has 1 rings (SSSR count). The molecule has 0 aliphatic carbocycles. The Morgan fingerprint density at radius 3 is 2.87 bits per heavy atom. The first-order valence-corrected chi connectivity index (χ1v) is 4.93. The molecule has 1 aliphatic heterocycles. The molecule has 1 amide bonds. The van der Waals surface area contributed by atoms with Crippen LogP contribution in [0.5, 0.6) is 0 Å². The number of amides is 1. The number of likely N-dealkylation sites (tertiary alicyclic amines) is 1. The van der Waals surface area contributed by atoms with Gasteiger partial charge in [0.2, 0.25) is 5.91 Å². The topological polar surface area (TPSA) is 83.6 Å². The molecule has 1 heterocycles. The van der Waals surface area contributed by atoms with Crippen molar-refractivity contribution >= 4 is 11.9 Å². The van der Waals surface area contributed by atoms with Gasteiger partial charge in [-0.3, -0.25) is 4.79 Å². The van der Waals surface area contributed by atoms with E-state index in [-0.39, 0.29) is 18.2 Å².